The van der Waals surface area contributed by atoms with Gasteiger partial charge in [0.2, 0.25) is 5.91 Å². The van der Waals surface area contributed by atoms with Gasteiger partial charge in [-0.3, -0.25) is 9.79 Å². The van der Waals surface area contributed by atoms with Crippen LogP contribution in [-0.2, 0) is 14.9 Å². The smallest absolute Gasteiger partial charge is 0.217 e. The lowest BCUT2D eigenvalue weighted by atomic mass is 9.74. The Hall–Kier alpha value is -1.55. The molecule has 3 N–H and O–H groups in total. The molecule has 2 fully saturated rings. The fraction of sp³-hybridized carbons (Fsp3) is 0.652. The van der Waals surface area contributed by atoms with E-state index in [0.717, 1.165) is 70.2 Å². The van der Waals surface area contributed by atoms with Gasteiger partial charge >= 0.3 is 0 Å². The van der Waals surface area contributed by atoms with E-state index in [-0.39, 0.29) is 35.3 Å². The molecular weight excluding hydrogens is 507 g/mol. The Kier molecular flexibility index (Phi) is 10.3. The van der Waals surface area contributed by atoms with Crippen molar-refractivity contribution in [3.8, 4) is 5.75 Å². The van der Waals surface area contributed by atoms with Gasteiger partial charge in [0.15, 0.2) is 5.96 Å². The molecule has 1 atom stereocenters. The topological polar surface area (TPSA) is 89.2 Å². The number of likely N-dealkylation sites (tertiary alicyclic amines) is 1. The van der Waals surface area contributed by atoms with Crippen LogP contribution >= 0.6 is 24.0 Å². The third-order valence-corrected chi connectivity index (χ3v) is 6.33. The van der Waals surface area contributed by atoms with Gasteiger partial charge in [0.25, 0.3) is 0 Å². The van der Waals surface area contributed by atoms with Crippen LogP contribution in [0.15, 0.2) is 29.3 Å². The summed E-state index contributed by atoms with van der Waals surface area (Å²) in [5.41, 5.74) is 6.69. The minimum absolute atomic E-state index is 0. The maximum Gasteiger partial charge on any atom is 0.217 e. The van der Waals surface area contributed by atoms with Crippen molar-refractivity contribution < 1.29 is 14.3 Å². The molecule has 2 aliphatic rings. The SMILES string of the molecule is CCNC(=NCC1(c2ccc(OC)cc2)CCOCC1)N1CCCC(CC(N)=O)C1.I. The predicted octanol–water partition coefficient (Wildman–Crippen LogP) is 2.91. The van der Waals surface area contributed by atoms with Gasteiger partial charge in [0.05, 0.1) is 13.7 Å². The monoisotopic (exact) mass is 544 g/mol. The van der Waals surface area contributed by atoms with E-state index in [1.54, 1.807) is 7.11 Å². The Morgan fingerprint density at radius 2 is 2.03 bits per heavy atom. The van der Waals surface area contributed by atoms with Crippen molar-refractivity contribution in [1.29, 1.82) is 0 Å². The van der Waals surface area contributed by atoms with Crippen LogP contribution in [0.2, 0.25) is 0 Å². The van der Waals surface area contributed by atoms with Gasteiger partial charge in [-0.1, -0.05) is 12.1 Å². The summed E-state index contributed by atoms with van der Waals surface area (Å²) in [4.78, 5) is 18.8. The summed E-state index contributed by atoms with van der Waals surface area (Å²) < 4.78 is 11.0. The molecular formula is C23H37IN4O3. The first kappa shape index (κ1) is 25.7. The van der Waals surface area contributed by atoms with Gasteiger partial charge in [-0.15, -0.1) is 24.0 Å². The summed E-state index contributed by atoms with van der Waals surface area (Å²) >= 11 is 0. The Morgan fingerprint density at radius 3 is 2.65 bits per heavy atom. The number of nitrogens with zero attached hydrogens (tertiary/aromatic N) is 2. The molecule has 174 valence electrons. The summed E-state index contributed by atoms with van der Waals surface area (Å²) in [6, 6.07) is 8.38. The zero-order valence-corrected chi connectivity index (χ0v) is 21.1. The maximum atomic E-state index is 11.4. The molecule has 1 unspecified atom stereocenters. The summed E-state index contributed by atoms with van der Waals surface area (Å²) in [5.74, 6) is 1.89. The first-order valence-corrected chi connectivity index (χ1v) is 11.1. The van der Waals surface area contributed by atoms with Crippen LogP contribution in [0.5, 0.6) is 5.75 Å². The highest BCUT2D eigenvalue weighted by Crippen LogP contribution is 2.36. The van der Waals surface area contributed by atoms with Gasteiger partial charge in [-0.05, 0) is 56.2 Å². The second-order valence-corrected chi connectivity index (χ2v) is 8.42. The number of hydrogen-bond donors (Lipinski definition) is 2. The lowest BCUT2D eigenvalue weighted by molar-refractivity contribution is -0.119. The molecule has 1 aromatic rings. The highest BCUT2D eigenvalue weighted by atomic mass is 127. The van der Waals surface area contributed by atoms with Gasteiger partial charge in [0.1, 0.15) is 5.75 Å². The molecule has 3 rings (SSSR count). The number of nitrogens with one attached hydrogen (secondary N) is 1. The molecule has 1 amide bonds. The van der Waals surface area contributed by atoms with Crippen molar-refractivity contribution in [2.24, 2.45) is 16.6 Å². The first-order valence-electron chi connectivity index (χ1n) is 11.1. The molecule has 7 nitrogen and oxygen atoms in total. The molecule has 0 saturated carbocycles. The zero-order valence-electron chi connectivity index (χ0n) is 18.8. The van der Waals surface area contributed by atoms with E-state index in [0.29, 0.717) is 18.9 Å². The number of carbonyl (C=O) groups is 1. The van der Waals surface area contributed by atoms with Crippen LogP contribution in [0.1, 0.15) is 44.6 Å². The van der Waals surface area contributed by atoms with E-state index in [2.05, 4.69) is 29.3 Å². The van der Waals surface area contributed by atoms with Gasteiger partial charge in [-0.2, -0.15) is 0 Å². The Morgan fingerprint density at radius 1 is 1.32 bits per heavy atom. The normalized spacial score (nSPS) is 21.2. The highest BCUT2D eigenvalue weighted by molar-refractivity contribution is 14.0. The lowest BCUT2D eigenvalue weighted by Gasteiger charge is -2.38. The number of piperidine rings is 1. The van der Waals surface area contributed by atoms with Crippen LogP contribution in [0, 0.1) is 5.92 Å². The van der Waals surface area contributed by atoms with Crippen LogP contribution in [-0.4, -0.2) is 63.3 Å². The molecule has 8 heteroatoms. The van der Waals surface area contributed by atoms with Crippen LogP contribution in [0.25, 0.3) is 0 Å². The average molecular weight is 544 g/mol. The van der Waals surface area contributed by atoms with Crippen molar-refractivity contribution >= 4 is 35.8 Å². The van der Waals surface area contributed by atoms with E-state index in [4.69, 9.17) is 20.2 Å². The number of nitrogens with two attached hydrogens (primary N) is 1. The highest BCUT2D eigenvalue weighted by Gasteiger charge is 2.35. The zero-order chi connectivity index (χ0) is 21.4. The second-order valence-electron chi connectivity index (χ2n) is 8.42. The number of methoxy groups -OCH3 is 1. The number of amides is 1. The number of guanidine groups is 1. The van der Waals surface area contributed by atoms with E-state index in [9.17, 15) is 4.79 Å². The minimum Gasteiger partial charge on any atom is -0.497 e. The predicted molar refractivity (Wildman–Crippen MR) is 134 cm³/mol. The first-order chi connectivity index (χ1) is 14.6. The molecule has 31 heavy (non-hydrogen) atoms. The van der Waals surface area contributed by atoms with Crippen LogP contribution < -0.4 is 15.8 Å². The van der Waals surface area contributed by atoms with Crippen LogP contribution in [0.3, 0.4) is 0 Å². The summed E-state index contributed by atoms with van der Waals surface area (Å²) in [6.45, 7) is 6.91. The molecule has 0 bridgehead atoms. The van der Waals surface area contributed by atoms with Gasteiger partial charge in [0, 0.05) is 44.7 Å². The number of benzene rings is 1. The molecule has 2 aliphatic heterocycles. The van der Waals surface area contributed by atoms with Crippen molar-refractivity contribution in [1.82, 2.24) is 10.2 Å². The Bertz CT molecular complexity index is 720. The second kappa shape index (κ2) is 12.5. The molecule has 2 heterocycles. The fourth-order valence-electron chi connectivity index (χ4n) is 4.61. The van der Waals surface area contributed by atoms with Gasteiger partial charge in [-0.25, -0.2) is 0 Å². The Balaban J connectivity index is 0.00000341. The number of carbonyl (C=O) groups excluding carboxylic acids is 1. The van der Waals surface area contributed by atoms with Crippen LogP contribution in [0.4, 0.5) is 0 Å². The quantitative estimate of drug-likeness (QED) is 0.313. The van der Waals surface area contributed by atoms with Crippen molar-refractivity contribution in [3.05, 3.63) is 29.8 Å². The van der Waals surface area contributed by atoms with Crippen molar-refractivity contribution in [3.63, 3.8) is 0 Å². The standard InChI is InChI=1S/C23H36N4O3.HI/c1-3-25-22(27-12-4-5-18(16-27)15-21(24)28)26-17-23(10-13-30-14-11-23)19-6-8-20(29-2)9-7-19;/h6-9,18H,3-5,10-17H2,1-2H3,(H2,24,28)(H,25,26);1H. The molecule has 0 aliphatic carbocycles. The minimum atomic E-state index is -0.218. The fourth-order valence-corrected chi connectivity index (χ4v) is 4.61. The lowest BCUT2D eigenvalue weighted by Crippen LogP contribution is -2.48. The molecule has 1 aromatic carbocycles. The van der Waals surface area contributed by atoms with E-state index < -0.39 is 0 Å². The number of primary amides is 1. The van der Waals surface area contributed by atoms with Crippen molar-refractivity contribution in [2.75, 3.05) is 46.5 Å². The van der Waals surface area contributed by atoms with E-state index in [1.165, 1.54) is 5.56 Å². The summed E-state index contributed by atoms with van der Waals surface area (Å²) in [5, 5.41) is 3.46. The number of halogens is 1. The van der Waals surface area contributed by atoms with Gasteiger partial charge < -0.3 is 25.4 Å². The summed E-state index contributed by atoms with van der Waals surface area (Å²) in [6.07, 6.45) is 4.45. The van der Waals surface area contributed by atoms with Crippen molar-refractivity contribution in [2.45, 2.75) is 44.4 Å². The molecule has 2 saturated heterocycles. The Labute approximate surface area is 203 Å². The molecule has 0 spiro atoms. The maximum absolute atomic E-state index is 11.4. The third-order valence-electron chi connectivity index (χ3n) is 6.33. The largest absolute Gasteiger partial charge is 0.497 e. The summed E-state index contributed by atoms with van der Waals surface area (Å²) in [7, 11) is 1.69. The number of aliphatic imine (C=N–C) groups is 1. The number of ether oxygens (including phenoxy) is 2. The third kappa shape index (κ3) is 6.97. The van der Waals surface area contributed by atoms with E-state index in [1.807, 2.05) is 12.1 Å². The molecule has 0 radical (unpaired) electrons. The van der Waals surface area contributed by atoms with E-state index >= 15 is 0 Å². The number of hydrogen-bond acceptors (Lipinski definition) is 4. The average Bonchev–Trinajstić information content (AvgIpc) is 2.77. The number of rotatable bonds is 7. The molecule has 0 aromatic heterocycles.